The van der Waals surface area contributed by atoms with Gasteiger partial charge in [-0.05, 0) is 30.7 Å². The van der Waals surface area contributed by atoms with Crippen molar-refractivity contribution in [1.29, 1.82) is 0 Å². The highest BCUT2D eigenvalue weighted by molar-refractivity contribution is 6.33. The molecule has 2 aromatic rings. The van der Waals surface area contributed by atoms with E-state index in [0.29, 0.717) is 10.7 Å². The number of halogens is 1. The number of aryl methyl sites for hydroxylation is 2. The smallest absolute Gasteiger partial charge is 0.0656 e. The van der Waals surface area contributed by atoms with E-state index in [1.54, 1.807) is 6.20 Å². The number of hydrogen-bond donors (Lipinski definition) is 2. The Morgan fingerprint density at radius 1 is 1.44 bits per heavy atom. The first-order valence-corrected chi connectivity index (χ1v) is 6.22. The van der Waals surface area contributed by atoms with Crippen LogP contribution in [0.25, 0.3) is 0 Å². The Hall–Kier alpha value is -1.68. The molecule has 5 heteroatoms. The fourth-order valence-electron chi connectivity index (χ4n) is 1.87. The molecule has 0 unspecified atom stereocenters. The van der Waals surface area contributed by atoms with Crippen molar-refractivity contribution in [3.05, 3.63) is 40.7 Å². The zero-order valence-electron chi connectivity index (χ0n) is 10.6. The summed E-state index contributed by atoms with van der Waals surface area (Å²) in [6.45, 7) is 2.85. The van der Waals surface area contributed by atoms with Gasteiger partial charge >= 0.3 is 0 Å². The number of aromatic nitrogens is 2. The first kappa shape index (κ1) is 12.8. The van der Waals surface area contributed by atoms with Gasteiger partial charge in [0.2, 0.25) is 0 Å². The number of nitrogen functional groups attached to an aromatic ring is 1. The summed E-state index contributed by atoms with van der Waals surface area (Å²) in [5, 5.41) is 8.09. The van der Waals surface area contributed by atoms with Crippen LogP contribution < -0.4 is 11.1 Å². The van der Waals surface area contributed by atoms with Crippen molar-refractivity contribution >= 4 is 23.0 Å². The molecule has 0 spiro atoms. The van der Waals surface area contributed by atoms with Gasteiger partial charge in [-0.1, -0.05) is 11.6 Å². The molecular formula is C13H17ClN4. The molecule has 0 aliphatic rings. The highest BCUT2D eigenvalue weighted by Crippen LogP contribution is 2.26. The Kier molecular flexibility index (Phi) is 3.77. The fourth-order valence-corrected chi connectivity index (χ4v) is 2.03. The Morgan fingerprint density at radius 2 is 2.22 bits per heavy atom. The van der Waals surface area contributed by atoms with Crippen molar-refractivity contribution < 1.29 is 0 Å². The maximum atomic E-state index is 6.01. The van der Waals surface area contributed by atoms with E-state index < -0.39 is 0 Å². The van der Waals surface area contributed by atoms with Crippen LogP contribution >= 0.6 is 11.6 Å². The van der Waals surface area contributed by atoms with E-state index in [1.165, 1.54) is 5.69 Å². The van der Waals surface area contributed by atoms with Gasteiger partial charge in [-0.2, -0.15) is 5.10 Å². The summed E-state index contributed by atoms with van der Waals surface area (Å²) in [7, 11) is 1.95. The molecule has 3 N–H and O–H groups in total. The highest BCUT2D eigenvalue weighted by atomic mass is 35.5. The van der Waals surface area contributed by atoms with Gasteiger partial charge in [-0.15, -0.1) is 0 Å². The van der Waals surface area contributed by atoms with E-state index >= 15 is 0 Å². The second-order valence-electron chi connectivity index (χ2n) is 4.31. The van der Waals surface area contributed by atoms with Crippen LogP contribution in [0.1, 0.15) is 11.3 Å². The number of benzene rings is 1. The average molecular weight is 265 g/mol. The van der Waals surface area contributed by atoms with Crippen LogP contribution in [0.3, 0.4) is 0 Å². The van der Waals surface area contributed by atoms with Gasteiger partial charge in [0.25, 0.3) is 0 Å². The Balaban J connectivity index is 1.99. The SMILES string of the molecule is Cc1cc(N)c(Cl)cc1NCCc1ccnn1C. The normalized spacial score (nSPS) is 10.6. The third-order valence-electron chi connectivity index (χ3n) is 2.96. The summed E-state index contributed by atoms with van der Waals surface area (Å²) >= 11 is 6.01. The van der Waals surface area contributed by atoms with Crippen LogP contribution in [-0.2, 0) is 13.5 Å². The van der Waals surface area contributed by atoms with Gasteiger partial charge in [-0.3, -0.25) is 4.68 Å². The first-order valence-electron chi connectivity index (χ1n) is 5.84. The van der Waals surface area contributed by atoms with Crippen molar-refractivity contribution in [2.45, 2.75) is 13.3 Å². The Labute approximate surface area is 112 Å². The van der Waals surface area contributed by atoms with E-state index in [2.05, 4.69) is 10.4 Å². The summed E-state index contributed by atoms with van der Waals surface area (Å²) in [6, 6.07) is 5.77. The molecule has 1 aromatic heterocycles. The molecule has 0 saturated carbocycles. The van der Waals surface area contributed by atoms with E-state index in [1.807, 2.05) is 36.9 Å². The summed E-state index contributed by atoms with van der Waals surface area (Å²) in [5.41, 5.74) is 9.68. The molecule has 1 aromatic carbocycles. The predicted octanol–water partition coefficient (Wildman–Crippen LogP) is 2.62. The molecule has 0 bridgehead atoms. The van der Waals surface area contributed by atoms with Crippen LogP contribution in [-0.4, -0.2) is 16.3 Å². The van der Waals surface area contributed by atoms with E-state index in [4.69, 9.17) is 17.3 Å². The van der Waals surface area contributed by atoms with Gasteiger partial charge in [-0.25, -0.2) is 0 Å². The average Bonchev–Trinajstić information content (AvgIpc) is 2.72. The lowest BCUT2D eigenvalue weighted by atomic mass is 10.1. The minimum absolute atomic E-state index is 0.587. The second-order valence-corrected chi connectivity index (χ2v) is 4.72. The standard InChI is InChI=1S/C13H17ClN4/c1-9-7-12(15)11(14)8-13(9)16-5-3-10-4-6-17-18(10)2/h4,6-8,16H,3,5,15H2,1-2H3. The maximum absolute atomic E-state index is 6.01. The topological polar surface area (TPSA) is 55.9 Å². The molecule has 0 aliphatic heterocycles. The van der Waals surface area contributed by atoms with E-state index in [-0.39, 0.29) is 0 Å². The van der Waals surface area contributed by atoms with Crippen molar-refractivity contribution in [2.24, 2.45) is 7.05 Å². The van der Waals surface area contributed by atoms with E-state index in [9.17, 15) is 0 Å². The third kappa shape index (κ3) is 2.76. The lowest BCUT2D eigenvalue weighted by molar-refractivity contribution is 0.711. The first-order chi connectivity index (χ1) is 8.58. The lowest BCUT2D eigenvalue weighted by Crippen LogP contribution is -2.09. The fraction of sp³-hybridized carbons (Fsp3) is 0.308. The van der Waals surface area contributed by atoms with Gasteiger partial charge < -0.3 is 11.1 Å². The molecule has 1 heterocycles. The highest BCUT2D eigenvalue weighted by Gasteiger charge is 2.04. The summed E-state index contributed by atoms with van der Waals surface area (Å²) in [5.74, 6) is 0. The molecule has 0 saturated heterocycles. The van der Waals surface area contributed by atoms with Crippen LogP contribution in [0.4, 0.5) is 11.4 Å². The van der Waals surface area contributed by atoms with Crippen molar-refractivity contribution in [2.75, 3.05) is 17.6 Å². The van der Waals surface area contributed by atoms with Gasteiger partial charge in [0, 0.05) is 37.6 Å². The zero-order valence-corrected chi connectivity index (χ0v) is 11.3. The maximum Gasteiger partial charge on any atom is 0.0656 e. The minimum atomic E-state index is 0.587. The number of nitrogens with two attached hydrogens (primary N) is 1. The van der Waals surface area contributed by atoms with Gasteiger partial charge in [0.05, 0.1) is 10.7 Å². The third-order valence-corrected chi connectivity index (χ3v) is 3.29. The molecular weight excluding hydrogens is 248 g/mol. The number of rotatable bonds is 4. The lowest BCUT2D eigenvalue weighted by Gasteiger charge is -2.11. The molecule has 0 aliphatic carbocycles. The zero-order chi connectivity index (χ0) is 13.1. The number of nitrogens with zero attached hydrogens (tertiary/aromatic N) is 2. The van der Waals surface area contributed by atoms with Gasteiger partial charge in [0.15, 0.2) is 0 Å². The minimum Gasteiger partial charge on any atom is -0.398 e. The molecule has 0 atom stereocenters. The quantitative estimate of drug-likeness (QED) is 0.835. The number of anilines is 2. The molecule has 0 radical (unpaired) electrons. The summed E-state index contributed by atoms with van der Waals surface area (Å²) in [4.78, 5) is 0. The summed E-state index contributed by atoms with van der Waals surface area (Å²) < 4.78 is 1.88. The van der Waals surface area contributed by atoms with Gasteiger partial charge in [0.1, 0.15) is 0 Å². The van der Waals surface area contributed by atoms with Crippen LogP contribution in [0.15, 0.2) is 24.4 Å². The number of hydrogen-bond acceptors (Lipinski definition) is 3. The van der Waals surface area contributed by atoms with Crippen molar-refractivity contribution in [3.63, 3.8) is 0 Å². The molecule has 4 nitrogen and oxygen atoms in total. The molecule has 0 amide bonds. The summed E-state index contributed by atoms with van der Waals surface area (Å²) in [6.07, 6.45) is 2.72. The van der Waals surface area contributed by atoms with Crippen molar-refractivity contribution in [3.8, 4) is 0 Å². The molecule has 0 fully saturated rings. The van der Waals surface area contributed by atoms with E-state index in [0.717, 1.165) is 24.2 Å². The van der Waals surface area contributed by atoms with Crippen LogP contribution in [0.2, 0.25) is 5.02 Å². The molecule has 2 rings (SSSR count). The Bertz CT molecular complexity index is 548. The monoisotopic (exact) mass is 264 g/mol. The van der Waals surface area contributed by atoms with Crippen LogP contribution in [0, 0.1) is 6.92 Å². The second kappa shape index (κ2) is 5.31. The predicted molar refractivity (Wildman–Crippen MR) is 76.0 cm³/mol. The Morgan fingerprint density at radius 3 is 2.89 bits per heavy atom. The van der Waals surface area contributed by atoms with Crippen molar-refractivity contribution in [1.82, 2.24) is 9.78 Å². The molecule has 18 heavy (non-hydrogen) atoms. The molecule has 96 valence electrons. The van der Waals surface area contributed by atoms with Crippen LogP contribution in [0.5, 0.6) is 0 Å². The largest absolute Gasteiger partial charge is 0.398 e. The number of nitrogens with one attached hydrogen (secondary N) is 1.